The summed E-state index contributed by atoms with van der Waals surface area (Å²) in [6, 6.07) is 14.5. The zero-order valence-corrected chi connectivity index (χ0v) is 18.6. The molecule has 2 heterocycles. The van der Waals surface area contributed by atoms with Crippen LogP contribution in [0.4, 0.5) is 0 Å². The van der Waals surface area contributed by atoms with E-state index in [9.17, 15) is 8.42 Å². The number of piperidine rings is 1. The minimum absolute atomic E-state index is 0.275. The molecule has 0 radical (unpaired) electrons. The van der Waals surface area contributed by atoms with Gasteiger partial charge in [0.05, 0.1) is 6.61 Å². The molecule has 30 heavy (non-hydrogen) atoms. The quantitative estimate of drug-likeness (QED) is 0.634. The molecule has 0 bridgehead atoms. The number of para-hydroxylation sites is 1. The van der Waals surface area contributed by atoms with E-state index in [1.165, 1.54) is 25.9 Å². The average Bonchev–Trinajstić information content (AvgIpc) is 2.75. The Morgan fingerprint density at radius 2 is 1.87 bits per heavy atom. The van der Waals surface area contributed by atoms with Gasteiger partial charge >= 0.3 is 0 Å². The summed E-state index contributed by atoms with van der Waals surface area (Å²) in [5.41, 5.74) is 0.843. The van der Waals surface area contributed by atoms with Gasteiger partial charge in [-0.05, 0) is 68.5 Å². The lowest BCUT2D eigenvalue weighted by molar-refractivity contribution is 0.170. The first-order valence-electron chi connectivity index (χ1n) is 10.9. The number of hydrogen-bond acceptors (Lipinski definition) is 5. The minimum atomic E-state index is -3.42. The lowest BCUT2D eigenvalue weighted by Gasteiger charge is -2.31. The summed E-state index contributed by atoms with van der Waals surface area (Å²) in [4.78, 5) is 2.80. The number of benzene rings is 2. The number of nitrogens with zero attached hydrogens (tertiary/aromatic N) is 1. The lowest BCUT2D eigenvalue weighted by atomic mass is 10.0. The highest BCUT2D eigenvalue weighted by atomic mass is 32.2. The fourth-order valence-electron chi connectivity index (χ4n) is 4.44. The van der Waals surface area contributed by atoms with Gasteiger partial charge in [0.1, 0.15) is 27.7 Å². The van der Waals surface area contributed by atoms with E-state index in [0.717, 1.165) is 30.2 Å². The molecule has 2 unspecified atom stereocenters. The number of ether oxygens (including phenoxy) is 2. The van der Waals surface area contributed by atoms with Gasteiger partial charge in [0.25, 0.3) is 0 Å². The molecule has 2 aliphatic rings. The Hall–Kier alpha value is -2.05. The van der Waals surface area contributed by atoms with Crippen LogP contribution in [0.2, 0.25) is 0 Å². The van der Waals surface area contributed by atoms with Crippen LogP contribution >= 0.6 is 0 Å². The standard InChI is InChI=1S/C24H31NO4S/c1-18-7-5-14-25(17-18)15-6-16-28-21-12-10-20(11-13-21)24-19(2)30(26,27)23-9-4-3-8-22(23)29-24/h3-4,8-13,18-19,24H,5-7,14-17H2,1-2H3/t18-,19?,24?/m0/s1. The normalized spacial score (nSPS) is 25.9. The van der Waals surface area contributed by atoms with Crippen LogP contribution in [0.25, 0.3) is 0 Å². The first kappa shape index (κ1) is 21.2. The zero-order chi connectivity index (χ0) is 21.1. The van der Waals surface area contributed by atoms with Gasteiger partial charge in [-0.3, -0.25) is 0 Å². The highest BCUT2D eigenvalue weighted by Crippen LogP contribution is 2.40. The van der Waals surface area contributed by atoms with E-state index in [-0.39, 0.29) is 4.90 Å². The topological polar surface area (TPSA) is 55.8 Å². The molecule has 0 spiro atoms. The van der Waals surface area contributed by atoms with E-state index in [4.69, 9.17) is 9.47 Å². The Balaban J connectivity index is 1.34. The number of hydrogen-bond donors (Lipinski definition) is 0. The van der Waals surface area contributed by atoms with Crippen molar-refractivity contribution in [3.8, 4) is 11.5 Å². The lowest BCUT2D eigenvalue weighted by Crippen LogP contribution is -2.35. The van der Waals surface area contributed by atoms with Gasteiger partial charge in [-0.2, -0.15) is 0 Å². The zero-order valence-electron chi connectivity index (χ0n) is 17.8. The first-order chi connectivity index (χ1) is 14.4. The first-order valence-corrected chi connectivity index (χ1v) is 12.4. The van der Waals surface area contributed by atoms with Crippen molar-refractivity contribution in [3.05, 3.63) is 54.1 Å². The van der Waals surface area contributed by atoms with Crippen molar-refractivity contribution in [1.29, 1.82) is 0 Å². The number of rotatable bonds is 6. The molecule has 1 fully saturated rings. The molecule has 6 heteroatoms. The van der Waals surface area contributed by atoms with Crippen LogP contribution in [0.15, 0.2) is 53.4 Å². The SMILES string of the molecule is CC1C(c2ccc(OCCCN3CCC[C@H](C)C3)cc2)Oc2ccccc2S1(=O)=O. The number of likely N-dealkylation sites (tertiary alicyclic amines) is 1. The monoisotopic (exact) mass is 429 g/mol. The third kappa shape index (κ3) is 4.49. The maximum Gasteiger partial charge on any atom is 0.188 e. The van der Waals surface area contributed by atoms with E-state index in [1.54, 1.807) is 31.2 Å². The smallest absolute Gasteiger partial charge is 0.188 e. The second kappa shape index (κ2) is 8.98. The van der Waals surface area contributed by atoms with Crippen LogP contribution in [0.5, 0.6) is 11.5 Å². The van der Waals surface area contributed by atoms with Gasteiger partial charge in [-0.15, -0.1) is 0 Å². The van der Waals surface area contributed by atoms with Crippen molar-refractivity contribution in [1.82, 2.24) is 4.90 Å². The summed E-state index contributed by atoms with van der Waals surface area (Å²) < 4.78 is 37.7. The van der Waals surface area contributed by atoms with E-state index >= 15 is 0 Å². The molecule has 0 amide bonds. The average molecular weight is 430 g/mol. The van der Waals surface area contributed by atoms with E-state index in [0.29, 0.717) is 12.4 Å². The maximum atomic E-state index is 12.9. The molecule has 3 atom stereocenters. The Labute approximate surface area is 179 Å². The molecule has 0 aliphatic carbocycles. The van der Waals surface area contributed by atoms with Crippen LogP contribution < -0.4 is 9.47 Å². The second-order valence-electron chi connectivity index (χ2n) is 8.55. The molecular weight excluding hydrogens is 398 g/mol. The van der Waals surface area contributed by atoms with Crippen LogP contribution in [-0.2, 0) is 9.84 Å². The number of fused-ring (bicyclic) bond motifs is 1. The Morgan fingerprint density at radius 1 is 1.10 bits per heavy atom. The summed E-state index contributed by atoms with van der Waals surface area (Å²) >= 11 is 0. The van der Waals surface area contributed by atoms with Crippen molar-refractivity contribution in [2.45, 2.75) is 49.4 Å². The molecular formula is C24H31NO4S. The summed E-state index contributed by atoms with van der Waals surface area (Å²) in [7, 11) is -3.42. The van der Waals surface area contributed by atoms with Gasteiger partial charge in [-0.25, -0.2) is 8.42 Å². The Morgan fingerprint density at radius 3 is 2.63 bits per heavy atom. The summed E-state index contributed by atoms with van der Waals surface area (Å²) in [6.45, 7) is 8.19. The van der Waals surface area contributed by atoms with Gasteiger partial charge in [0.15, 0.2) is 9.84 Å². The molecule has 5 nitrogen and oxygen atoms in total. The third-order valence-electron chi connectivity index (χ3n) is 6.16. The van der Waals surface area contributed by atoms with Gasteiger partial charge in [-0.1, -0.05) is 31.2 Å². The summed E-state index contributed by atoms with van der Waals surface area (Å²) in [6.07, 6.45) is 3.12. The molecule has 162 valence electrons. The fraction of sp³-hybridized carbons (Fsp3) is 0.500. The van der Waals surface area contributed by atoms with E-state index in [2.05, 4.69) is 11.8 Å². The highest BCUT2D eigenvalue weighted by Gasteiger charge is 2.40. The van der Waals surface area contributed by atoms with Crippen molar-refractivity contribution in [2.75, 3.05) is 26.2 Å². The molecule has 1 saturated heterocycles. The molecule has 0 saturated carbocycles. The van der Waals surface area contributed by atoms with Crippen molar-refractivity contribution in [2.24, 2.45) is 5.92 Å². The largest absolute Gasteiger partial charge is 0.494 e. The molecule has 0 N–H and O–H groups in total. The molecule has 4 rings (SSSR count). The second-order valence-corrected chi connectivity index (χ2v) is 10.8. The predicted octanol–water partition coefficient (Wildman–Crippen LogP) is 4.48. The third-order valence-corrected chi connectivity index (χ3v) is 8.34. The number of sulfone groups is 1. The van der Waals surface area contributed by atoms with E-state index in [1.807, 2.05) is 24.3 Å². The van der Waals surface area contributed by atoms with Crippen molar-refractivity contribution < 1.29 is 17.9 Å². The fourth-order valence-corrected chi connectivity index (χ4v) is 6.04. The summed E-state index contributed by atoms with van der Waals surface area (Å²) in [5, 5.41) is -0.647. The molecule has 0 aromatic heterocycles. The van der Waals surface area contributed by atoms with Crippen LogP contribution in [-0.4, -0.2) is 44.8 Å². The molecule has 2 aromatic rings. The van der Waals surface area contributed by atoms with E-state index < -0.39 is 21.2 Å². The molecule has 2 aliphatic heterocycles. The summed E-state index contributed by atoms with van der Waals surface area (Å²) in [5.74, 6) is 2.03. The van der Waals surface area contributed by atoms with Gasteiger partial charge < -0.3 is 14.4 Å². The Kier molecular flexibility index (Phi) is 6.34. The Bertz CT molecular complexity index is 957. The highest BCUT2D eigenvalue weighted by molar-refractivity contribution is 7.92. The van der Waals surface area contributed by atoms with Crippen molar-refractivity contribution in [3.63, 3.8) is 0 Å². The predicted molar refractivity (Wildman–Crippen MR) is 118 cm³/mol. The minimum Gasteiger partial charge on any atom is -0.494 e. The van der Waals surface area contributed by atoms with Crippen molar-refractivity contribution >= 4 is 9.84 Å². The maximum absolute atomic E-state index is 12.9. The molecule has 2 aromatic carbocycles. The van der Waals surface area contributed by atoms with Crippen LogP contribution in [0.1, 0.15) is 44.8 Å². The van der Waals surface area contributed by atoms with Crippen LogP contribution in [0, 0.1) is 5.92 Å². The van der Waals surface area contributed by atoms with Gasteiger partial charge in [0.2, 0.25) is 0 Å². The van der Waals surface area contributed by atoms with Gasteiger partial charge in [0, 0.05) is 13.1 Å². The van der Waals surface area contributed by atoms with Crippen LogP contribution in [0.3, 0.4) is 0 Å².